The van der Waals surface area contributed by atoms with Crippen LogP contribution in [-0.2, 0) is 6.54 Å². The summed E-state index contributed by atoms with van der Waals surface area (Å²) in [6.45, 7) is 2.41. The number of benzene rings is 2. The van der Waals surface area contributed by atoms with Crippen LogP contribution in [0.15, 0.2) is 52.3 Å². The largest absolute Gasteiger partial charge is 0.326 e. The maximum atomic E-state index is 13.3. The van der Waals surface area contributed by atoms with Gasteiger partial charge in [-0.25, -0.2) is 4.39 Å². The fraction of sp³-hybridized carbons (Fsp3) is 0.143. The molecule has 0 aliphatic heterocycles. The predicted molar refractivity (Wildman–Crippen MR) is 69.6 cm³/mol. The zero-order chi connectivity index (χ0) is 12.3. The van der Waals surface area contributed by atoms with Crippen LogP contribution in [0.3, 0.4) is 0 Å². The van der Waals surface area contributed by atoms with Crippen molar-refractivity contribution >= 4 is 11.8 Å². The van der Waals surface area contributed by atoms with Crippen LogP contribution in [0.5, 0.6) is 0 Å². The Bertz CT molecular complexity index is 508. The number of nitrogens with two attached hydrogens (primary N) is 1. The molecule has 0 fully saturated rings. The van der Waals surface area contributed by atoms with Crippen molar-refractivity contribution in [3.05, 3.63) is 59.4 Å². The van der Waals surface area contributed by atoms with E-state index in [-0.39, 0.29) is 5.82 Å². The predicted octanol–water partition coefficient (Wildman–Crippen LogP) is 3.74. The van der Waals surface area contributed by atoms with Crippen molar-refractivity contribution in [1.29, 1.82) is 0 Å². The van der Waals surface area contributed by atoms with Crippen molar-refractivity contribution < 1.29 is 4.39 Å². The van der Waals surface area contributed by atoms with Crippen molar-refractivity contribution in [2.24, 2.45) is 5.73 Å². The molecule has 0 saturated heterocycles. The minimum atomic E-state index is -0.234. The first-order chi connectivity index (χ1) is 8.17. The van der Waals surface area contributed by atoms with E-state index in [0.29, 0.717) is 6.54 Å². The molecule has 0 radical (unpaired) electrons. The lowest BCUT2D eigenvalue weighted by Gasteiger charge is -2.05. The highest BCUT2D eigenvalue weighted by Crippen LogP contribution is 2.29. The molecule has 17 heavy (non-hydrogen) atoms. The van der Waals surface area contributed by atoms with Gasteiger partial charge in [0.2, 0.25) is 0 Å². The lowest BCUT2D eigenvalue weighted by Crippen LogP contribution is -1.96. The van der Waals surface area contributed by atoms with Crippen LogP contribution in [0.4, 0.5) is 4.39 Å². The van der Waals surface area contributed by atoms with Gasteiger partial charge in [-0.1, -0.05) is 29.5 Å². The highest BCUT2D eigenvalue weighted by molar-refractivity contribution is 7.99. The molecule has 0 atom stereocenters. The summed E-state index contributed by atoms with van der Waals surface area (Å²) >= 11 is 1.54. The molecule has 3 heteroatoms. The smallest absolute Gasteiger partial charge is 0.124 e. The van der Waals surface area contributed by atoms with E-state index in [1.54, 1.807) is 11.8 Å². The van der Waals surface area contributed by atoms with Gasteiger partial charge in [0.1, 0.15) is 5.82 Å². The maximum Gasteiger partial charge on any atom is 0.124 e. The zero-order valence-electron chi connectivity index (χ0n) is 9.61. The van der Waals surface area contributed by atoms with E-state index in [2.05, 4.69) is 0 Å². The normalized spacial score (nSPS) is 10.5. The molecule has 88 valence electrons. The van der Waals surface area contributed by atoms with E-state index >= 15 is 0 Å². The molecule has 1 nitrogen and oxygen atoms in total. The van der Waals surface area contributed by atoms with Crippen molar-refractivity contribution in [1.82, 2.24) is 0 Å². The summed E-state index contributed by atoms with van der Waals surface area (Å²) in [5, 5.41) is 0. The summed E-state index contributed by atoms with van der Waals surface area (Å²) in [5.74, 6) is -0.234. The first kappa shape index (κ1) is 12.1. The molecule has 0 aliphatic rings. The lowest BCUT2D eigenvalue weighted by molar-refractivity contribution is 0.621. The quantitative estimate of drug-likeness (QED) is 0.894. The standard InChI is InChI=1S/C14H14FNS/c1-10-2-4-13(5-3-10)17-14-7-11(9-16)6-12(15)8-14/h2-8H,9,16H2,1H3. The first-order valence-electron chi connectivity index (χ1n) is 5.41. The molecule has 0 heterocycles. The first-order valence-corrected chi connectivity index (χ1v) is 6.23. The van der Waals surface area contributed by atoms with Crippen molar-refractivity contribution in [3.63, 3.8) is 0 Å². The van der Waals surface area contributed by atoms with Gasteiger partial charge >= 0.3 is 0 Å². The van der Waals surface area contributed by atoms with Gasteiger partial charge in [-0.05, 0) is 42.8 Å². The SMILES string of the molecule is Cc1ccc(Sc2cc(F)cc(CN)c2)cc1. The van der Waals surface area contributed by atoms with Crippen LogP contribution in [0.2, 0.25) is 0 Å². The van der Waals surface area contributed by atoms with Gasteiger partial charge in [-0.15, -0.1) is 0 Å². The Kier molecular flexibility index (Phi) is 3.82. The Morgan fingerprint density at radius 2 is 1.76 bits per heavy atom. The number of halogens is 1. The number of aryl methyl sites for hydroxylation is 1. The second kappa shape index (κ2) is 5.34. The average molecular weight is 247 g/mol. The van der Waals surface area contributed by atoms with Crippen LogP contribution >= 0.6 is 11.8 Å². The van der Waals surface area contributed by atoms with Crippen LogP contribution < -0.4 is 5.73 Å². The lowest BCUT2D eigenvalue weighted by atomic mass is 10.2. The summed E-state index contributed by atoms with van der Waals surface area (Å²) in [5.41, 5.74) is 7.56. The molecule has 0 aliphatic carbocycles. The monoisotopic (exact) mass is 247 g/mol. The summed E-state index contributed by atoms with van der Waals surface area (Å²) < 4.78 is 13.3. The number of hydrogen-bond acceptors (Lipinski definition) is 2. The van der Waals surface area contributed by atoms with Gasteiger partial charge in [0.15, 0.2) is 0 Å². The van der Waals surface area contributed by atoms with Gasteiger partial charge in [0.25, 0.3) is 0 Å². The molecule has 0 bridgehead atoms. The van der Waals surface area contributed by atoms with E-state index in [4.69, 9.17) is 5.73 Å². The topological polar surface area (TPSA) is 26.0 Å². The van der Waals surface area contributed by atoms with E-state index in [1.165, 1.54) is 17.7 Å². The van der Waals surface area contributed by atoms with Crippen LogP contribution in [0.1, 0.15) is 11.1 Å². The summed E-state index contributed by atoms with van der Waals surface area (Å²) in [6, 6.07) is 13.1. The molecule has 0 aromatic heterocycles. The third-order valence-corrected chi connectivity index (χ3v) is 3.40. The van der Waals surface area contributed by atoms with Crippen LogP contribution in [-0.4, -0.2) is 0 Å². The van der Waals surface area contributed by atoms with Gasteiger partial charge < -0.3 is 5.73 Å². The summed E-state index contributed by atoms with van der Waals surface area (Å²) in [6.07, 6.45) is 0. The van der Waals surface area contributed by atoms with Gasteiger partial charge in [-0.3, -0.25) is 0 Å². The highest BCUT2D eigenvalue weighted by Gasteiger charge is 2.02. The number of hydrogen-bond donors (Lipinski definition) is 1. The molecule has 0 amide bonds. The average Bonchev–Trinajstić information content (AvgIpc) is 2.31. The second-order valence-corrected chi connectivity index (χ2v) is 5.06. The van der Waals surface area contributed by atoms with Gasteiger partial charge in [-0.2, -0.15) is 0 Å². The molecule has 2 N–H and O–H groups in total. The highest BCUT2D eigenvalue weighted by atomic mass is 32.2. The summed E-state index contributed by atoms with van der Waals surface area (Å²) in [7, 11) is 0. The number of rotatable bonds is 3. The fourth-order valence-electron chi connectivity index (χ4n) is 1.54. The third-order valence-electron chi connectivity index (χ3n) is 2.42. The van der Waals surface area contributed by atoms with Gasteiger partial charge in [0, 0.05) is 16.3 Å². The van der Waals surface area contributed by atoms with E-state index < -0.39 is 0 Å². The second-order valence-electron chi connectivity index (χ2n) is 3.91. The Morgan fingerprint density at radius 1 is 1.06 bits per heavy atom. The molecule has 0 unspecified atom stereocenters. The molecule has 2 rings (SSSR count). The van der Waals surface area contributed by atoms with Crippen molar-refractivity contribution in [3.8, 4) is 0 Å². The van der Waals surface area contributed by atoms with Crippen LogP contribution in [0.25, 0.3) is 0 Å². The van der Waals surface area contributed by atoms with E-state index in [1.807, 2.05) is 37.3 Å². The Balaban J connectivity index is 2.23. The van der Waals surface area contributed by atoms with Crippen molar-refractivity contribution in [2.45, 2.75) is 23.3 Å². The third kappa shape index (κ3) is 3.32. The Labute approximate surface area is 105 Å². The molecular formula is C14H14FNS. The summed E-state index contributed by atoms with van der Waals surface area (Å²) in [4.78, 5) is 1.98. The van der Waals surface area contributed by atoms with Crippen LogP contribution in [0, 0.1) is 12.7 Å². The van der Waals surface area contributed by atoms with E-state index in [9.17, 15) is 4.39 Å². The maximum absolute atomic E-state index is 13.3. The van der Waals surface area contributed by atoms with Crippen molar-refractivity contribution in [2.75, 3.05) is 0 Å². The van der Waals surface area contributed by atoms with E-state index in [0.717, 1.165) is 15.4 Å². The molecule has 2 aromatic carbocycles. The zero-order valence-corrected chi connectivity index (χ0v) is 10.4. The molecule has 2 aromatic rings. The Morgan fingerprint density at radius 3 is 2.41 bits per heavy atom. The molecular weight excluding hydrogens is 233 g/mol. The minimum Gasteiger partial charge on any atom is -0.326 e. The Hall–Kier alpha value is -1.32. The van der Waals surface area contributed by atoms with Gasteiger partial charge in [0.05, 0.1) is 0 Å². The molecule has 0 spiro atoms. The minimum absolute atomic E-state index is 0.234. The fourth-order valence-corrected chi connectivity index (χ4v) is 2.47. The molecule has 0 saturated carbocycles.